The maximum atomic E-state index is 12.0. The van der Waals surface area contributed by atoms with Crippen molar-refractivity contribution in [3.8, 4) is 0 Å². The number of aldehydes is 1. The van der Waals surface area contributed by atoms with E-state index in [9.17, 15) is 14.7 Å². The fourth-order valence-corrected chi connectivity index (χ4v) is 5.41. The van der Waals surface area contributed by atoms with Gasteiger partial charge in [0.15, 0.2) is 0 Å². The van der Waals surface area contributed by atoms with Gasteiger partial charge in [0.1, 0.15) is 6.29 Å². The molecule has 1 aromatic carbocycles. The first-order valence-corrected chi connectivity index (χ1v) is 11.9. The Morgan fingerprint density at radius 2 is 1.88 bits per heavy atom. The van der Waals surface area contributed by atoms with Gasteiger partial charge in [0.2, 0.25) is 0 Å². The van der Waals surface area contributed by atoms with Crippen LogP contribution in [0.5, 0.6) is 0 Å². The number of allylic oxidation sites excluding steroid dienone is 5. The molecule has 0 radical (unpaired) electrons. The molecule has 0 spiro atoms. The maximum Gasteiger partial charge on any atom is 0.335 e. The predicted octanol–water partition coefficient (Wildman–Crippen LogP) is 6.60. The first-order chi connectivity index (χ1) is 15.6. The number of fused-ring (bicyclic) bond motifs is 3. The lowest BCUT2D eigenvalue weighted by Gasteiger charge is -2.19. The van der Waals surface area contributed by atoms with Gasteiger partial charge in [0.25, 0.3) is 0 Å². The highest BCUT2D eigenvalue weighted by Crippen LogP contribution is 2.40. The van der Waals surface area contributed by atoms with E-state index in [1.54, 1.807) is 12.1 Å². The van der Waals surface area contributed by atoms with Crippen LogP contribution in [0.15, 0.2) is 54.7 Å². The summed E-state index contributed by atoms with van der Waals surface area (Å²) in [6.45, 7) is 4.68. The Balaban J connectivity index is 1.92. The minimum Gasteiger partial charge on any atom is -0.478 e. The largest absolute Gasteiger partial charge is 0.478 e. The van der Waals surface area contributed by atoms with Crippen LogP contribution in [0.4, 0.5) is 0 Å². The molecule has 4 heteroatoms. The molecule has 1 unspecified atom stereocenters. The zero-order chi connectivity index (χ0) is 22.5. The summed E-state index contributed by atoms with van der Waals surface area (Å²) in [5, 5.41) is 10.8. The molecule has 4 nitrogen and oxygen atoms in total. The third-order valence-corrected chi connectivity index (χ3v) is 6.96. The Bertz CT molecular complexity index is 1060. The summed E-state index contributed by atoms with van der Waals surface area (Å²) in [6, 6.07) is 5.52. The van der Waals surface area contributed by atoms with Crippen LogP contribution >= 0.6 is 0 Å². The van der Waals surface area contributed by atoms with E-state index in [0.29, 0.717) is 24.4 Å². The van der Waals surface area contributed by atoms with E-state index >= 15 is 0 Å². The maximum absolute atomic E-state index is 12.0. The van der Waals surface area contributed by atoms with Crippen LogP contribution < -0.4 is 0 Å². The number of carbonyl (C=O) groups excluding carboxylic acids is 1. The SMILES string of the molecule is C=C1/C=C\C/C=C\Cc2c(C3CCCCCC3)c3ccc(C(=O)O)cc3n2CC(C=O)C1. The van der Waals surface area contributed by atoms with E-state index in [1.807, 2.05) is 12.1 Å². The normalized spacial score (nSPS) is 22.9. The molecule has 0 bridgehead atoms. The number of carbonyl (C=O) groups is 2. The Labute approximate surface area is 190 Å². The van der Waals surface area contributed by atoms with Crippen molar-refractivity contribution in [2.75, 3.05) is 0 Å². The topological polar surface area (TPSA) is 59.3 Å². The highest BCUT2D eigenvalue weighted by molar-refractivity contribution is 5.95. The van der Waals surface area contributed by atoms with E-state index in [1.165, 1.54) is 49.8 Å². The number of rotatable bonds is 3. The van der Waals surface area contributed by atoms with E-state index in [4.69, 9.17) is 0 Å². The van der Waals surface area contributed by atoms with Gasteiger partial charge in [-0.05, 0) is 49.3 Å². The molecule has 1 aliphatic carbocycles. The quantitative estimate of drug-likeness (QED) is 0.338. The van der Waals surface area contributed by atoms with Crippen LogP contribution in [-0.4, -0.2) is 21.9 Å². The summed E-state index contributed by atoms with van der Waals surface area (Å²) in [4.78, 5) is 23.8. The lowest BCUT2D eigenvalue weighted by atomic mass is 9.88. The molecule has 4 rings (SSSR count). The minimum absolute atomic E-state index is 0.194. The smallest absolute Gasteiger partial charge is 0.335 e. The van der Waals surface area contributed by atoms with Crippen molar-refractivity contribution < 1.29 is 14.7 Å². The van der Waals surface area contributed by atoms with Crippen molar-refractivity contribution in [3.05, 3.63) is 71.5 Å². The molecule has 1 N–H and O–H groups in total. The molecule has 1 aromatic heterocycles. The number of aromatic nitrogens is 1. The summed E-state index contributed by atoms with van der Waals surface area (Å²) < 4.78 is 2.24. The van der Waals surface area contributed by atoms with Crippen LogP contribution in [0.1, 0.15) is 78.9 Å². The number of nitrogens with zero attached hydrogens (tertiary/aromatic N) is 1. The van der Waals surface area contributed by atoms with Gasteiger partial charge in [-0.15, -0.1) is 0 Å². The number of aromatic carboxylic acids is 1. The number of hydrogen-bond acceptors (Lipinski definition) is 2. The Morgan fingerprint density at radius 3 is 2.59 bits per heavy atom. The van der Waals surface area contributed by atoms with Crippen molar-refractivity contribution in [2.45, 2.75) is 70.3 Å². The lowest BCUT2D eigenvalue weighted by molar-refractivity contribution is -0.111. The number of hydrogen-bond donors (Lipinski definition) is 1. The van der Waals surface area contributed by atoms with Crippen molar-refractivity contribution >= 4 is 23.2 Å². The Hall–Kier alpha value is -2.88. The summed E-state index contributed by atoms with van der Waals surface area (Å²) in [5.41, 5.74) is 4.80. The second kappa shape index (κ2) is 10.2. The molecule has 32 heavy (non-hydrogen) atoms. The van der Waals surface area contributed by atoms with Gasteiger partial charge < -0.3 is 14.5 Å². The molecule has 1 aliphatic heterocycles. The van der Waals surface area contributed by atoms with Gasteiger partial charge in [0, 0.05) is 35.5 Å². The molecule has 2 aromatic rings. The second-order valence-corrected chi connectivity index (χ2v) is 9.27. The summed E-state index contributed by atoms with van der Waals surface area (Å²) in [5.74, 6) is -0.630. The van der Waals surface area contributed by atoms with Crippen LogP contribution in [-0.2, 0) is 17.8 Å². The first-order valence-electron chi connectivity index (χ1n) is 11.9. The Kier molecular flexibility index (Phi) is 7.09. The van der Waals surface area contributed by atoms with Crippen molar-refractivity contribution in [2.24, 2.45) is 5.92 Å². The fraction of sp³-hybridized carbons (Fsp3) is 0.429. The molecular weight excluding hydrogens is 398 g/mol. The van der Waals surface area contributed by atoms with Gasteiger partial charge in [-0.3, -0.25) is 0 Å². The summed E-state index contributed by atoms with van der Waals surface area (Å²) >= 11 is 0. The zero-order valence-electron chi connectivity index (χ0n) is 18.8. The molecule has 2 heterocycles. The fourth-order valence-electron chi connectivity index (χ4n) is 5.41. The third-order valence-electron chi connectivity index (χ3n) is 6.96. The van der Waals surface area contributed by atoms with E-state index in [0.717, 1.165) is 35.6 Å². The molecule has 168 valence electrons. The Morgan fingerprint density at radius 1 is 1.09 bits per heavy atom. The van der Waals surface area contributed by atoms with Gasteiger partial charge in [-0.25, -0.2) is 4.79 Å². The minimum atomic E-state index is -0.919. The molecule has 2 aliphatic rings. The van der Waals surface area contributed by atoms with Crippen molar-refractivity contribution in [1.29, 1.82) is 0 Å². The lowest BCUT2D eigenvalue weighted by Crippen LogP contribution is -2.16. The molecule has 0 amide bonds. The van der Waals surface area contributed by atoms with Gasteiger partial charge in [0.05, 0.1) is 5.56 Å². The van der Waals surface area contributed by atoms with Crippen LogP contribution in [0, 0.1) is 5.92 Å². The van der Waals surface area contributed by atoms with Crippen LogP contribution in [0.3, 0.4) is 0 Å². The standard InChI is InChI=1S/C28H33NO3/c1-20-10-6-2-5-9-13-25-27(22-11-7-3-4-8-12-22)24-15-14-23(28(31)32)17-26(24)29(25)18-21(16-20)19-30/h5-6,9-10,14-15,17,19,21-22H,1-4,7-8,11-13,16,18H2,(H,31,32)/b9-5-,10-6-. The van der Waals surface area contributed by atoms with Crippen LogP contribution in [0.2, 0.25) is 0 Å². The number of carboxylic acids is 1. The summed E-state index contributed by atoms with van der Waals surface area (Å²) in [6.07, 6.45) is 19.2. The first kappa shape index (κ1) is 22.3. The summed E-state index contributed by atoms with van der Waals surface area (Å²) in [7, 11) is 0. The second-order valence-electron chi connectivity index (χ2n) is 9.27. The van der Waals surface area contributed by atoms with E-state index in [2.05, 4.69) is 29.4 Å². The van der Waals surface area contributed by atoms with Gasteiger partial charge in [-0.2, -0.15) is 0 Å². The van der Waals surface area contributed by atoms with Gasteiger partial charge >= 0.3 is 5.97 Å². The number of benzene rings is 1. The average Bonchev–Trinajstić information content (AvgIpc) is 2.92. The predicted molar refractivity (Wildman–Crippen MR) is 129 cm³/mol. The van der Waals surface area contributed by atoms with E-state index < -0.39 is 5.97 Å². The zero-order valence-corrected chi connectivity index (χ0v) is 18.8. The van der Waals surface area contributed by atoms with Crippen molar-refractivity contribution in [1.82, 2.24) is 4.57 Å². The van der Waals surface area contributed by atoms with Gasteiger partial charge in [-0.1, -0.05) is 68.2 Å². The van der Waals surface area contributed by atoms with E-state index in [-0.39, 0.29) is 5.92 Å². The molecule has 0 saturated heterocycles. The average molecular weight is 432 g/mol. The third kappa shape index (κ3) is 4.79. The monoisotopic (exact) mass is 431 g/mol. The number of carboxylic acid groups (broad SMARTS) is 1. The molecule has 1 saturated carbocycles. The molecule has 1 atom stereocenters. The molecule has 1 fully saturated rings. The highest BCUT2D eigenvalue weighted by Gasteiger charge is 2.26. The van der Waals surface area contributed by atoms with Crippen molar-refractivity contribution in [3.63, 3.8) is 0 Å². The van der Waals surface area contributed by atoms with Crippen LogP contribution in [0.25, 0.3) is 10.9 Å². The molecular formula is C28H33NO3. The highest BCUT2D eigenvalue weighted by atomic mass is 16.4.